The third kappa shape index (κ3) is 4.20. The maximum atomic E-state index is 11.9. The molecule has 0 saturated carbocycles. The normalized spacial score (nSPS) is 14.9. The predicted octanol–water partition coefficient (Wildman–Crippen LogP) is 1.08. The molecule has 0 aliphatic rings. The van der Waals surface area contributed by atoms with Gasteiger partial charge in [-0.05, 0) is 19.1 Å². The molecule has 0 radical (unpaired) electrons. The summed E-state index contributed by atoms with van der Waals surface area (Å²) in [6.07, 6.45) is -1.66. The lowest BCUT2D eigenvalue weighted by Crippen LogP contribution is -2.34. The fourth-order valence-electron chi connectivity index (χ4n) is 1.43. The molecule has 0 fully saturated rings. The SMILES string of the molecule is COC(OC)[C@@H](O)CS(=O)c1ccc(C)cc1. The molecule has 0 saturated heterocycles. The Morgan fingerprint density at radius 2 is 1.76 bits per heavy atom. The van der Waals surface area contributed by atoms with Gasteiger partial charge in [-0.2, -0.15) is 0 Å². The zero-order chi connectivity index (χ0) is 12.8. The molecule has 1 unspecified atom stereocenters. The lowest BCUT2D eigenvalue weighted by atomic mass is 10.2. The highest BCUT2D eigenvalue weighted by Gasteiger charge is 2.21. The van der Waals surface area contributed by atoms with Crippen LogP contribution in [0.4, 0.5) is 0 Å². The Bertz CT molecular complexity index is 359. The number of methoxy groups -OCH3 is 2. The highest BCUT2D eigenvalue weighted by atomic mass is 32.2. The van der Waals surface area contributed by atoms with E-state index >= 15 is 0 Å². The third-order valence-corrected chi connectivity index (χ3v) is 3.83. The first-order valence-electron chi connectivity index (χ1n) is 5.27. The molecule has 0 aromatic heterocycles. The third-order valence-electron chi connectivity index (χ3n) is 2.38. The van der Waals surface area contributed by atoms with Crippen molar-refractivity contribution >= 4 is 10.8 Å². The molecule has 1 aromatic carbocycles. The monoisotopic (exact) mass is 258 g/mol. The van der Waals surface area contributed by atoms with E-state index in [2.05, 4.69) is 0 Å². The molecular weight excluding hydrogens is 240 g/mol. The number of hydrogen-bond donors (Lipinski definition) is 1. The molecule has 4 nitrogen and oxygen atoms in total. The van der Waals surface area contributed by atoms with Crippen molar-refractivity contribution in [1.29, 1.82) is 0 Å². The molecular formula is C12H18O4S. The number of aliphatic hydroxyl groups is 1. The van der Waals surface area contributed by atoms with E-state index in [0.29, 0.717) is 4.90 Å². The van der Waals surface area contributed by atoms with Gasteiger partial charge in [0.2, 0.25) is 0 Å². The number of aliphatic hydroxyl groups excluding tert-OH is 1. The molecule has 0 bridgehead atoms. The zero-order valence-corrected chi connectivity index (χ0v) is 11.1. The summed E-state index contributed by atoms with van der Waals surface area (Å²) in [5, 5.41) is 9.75. The Labute approximate surface area is 104 Å². The van der Waals surface area contributed by atoms with Crippen LogP contribution >= 0.6 is 0 Å². The highest BCUT2D eigenvalue weighted by molar-refractivity contribution is 7.85. The van der Waals surface area contributed by atoms with Gasteiger partial charge < -0.3 is 14.6 Å². The van der Waals surface area contributed by atoms with E-state index in [1.165, 1.54) is 14.2 Å². The summed E-state index contributed by atoms with van der Waals surface area (Å²) in [6.45, 7) is 1.97. The van der Waals surface area contributed by atoms with Crippen LogP contribution in [-0.4, -0.2) is 41.7 Å². The van der Waals surface area contributed by atoms with Gasteiger partial charge in [0.1, 0.15) is 6.10 Å². The van der Waals surface area contributed by atoms with Gasteiger partial charge in [-0.3, -0.25) is 4.21 Å². The average Bonchev–Trinajstić information content (AvgIpc) is 2.31. The van der Waals surface area contributed by atoms with Crippen molar-refractivity contribution in [3.05, 3.63) is 29.8 Å². The molecule has 1 N–H and O–H groups in total. The summed E-state index contributed by atoms with van der Waals surface area (Å²) in [4.78, 5) is 0.695. The fraction of sp³-hybridized carbons (Fsp3) is 0.500. The average molecular weight is 258 g/mol. The smallest absolute Gasteiger partial charge is 0.183 e. The molecule has 0 amide bonds. The van der Waals surface area contributed by atoms with Gasteiger partial charge in [0.25, 0.3) is 0 Å². The fourth-order valence-corrected chi connectivity index (χ4v) is 2.53. The summed E-state index contributed by atoms with van der Waals surface area (Å²) in [5.74, 6) is 0.0927. The Morgan fingerprint density at radius 3 is 2.24 bits per heavy atom. The number of benzene rings is 1. The summed E-state index contributed by atoms with van der Waals surface area (Å²) in [6, 6.07) is 7.38. The van der Waals surface area contributed by atoms with Gasteiger partial charge in [-0.15, -0.1) is 0 Å². The lowest BCUT2D eigenvalue weighted by Gasteiger charge is -2.19. The standard InChI is InChI=1S/C12H18O4S/c1-9-4-6-10(7-5-9)17(14)8-11(13)12(15-2)16-3/h4-7,11-13H,8H2,1-3H3/t11-,17?/m0/s1. The van der Waals surface area contributed by atoms with Crippen molar-refractivity contribution in [2.45, 2.75) is 24.2 Å². The van der Waals surface area contributed by atoms with E-state index in [9.17, 15) is 9.32 Å². The maximum Gasteiger partial charge on any atom is 0.183 e. The van der Waals surface area contributed by atoms with Crippen molar-refractivity contribution in [3.63, 3.8) is 0 Å². The quantitative estimate of drug-likeness (QED) is 0.776. The molecule has 0 spiro atoms. The largest absolute Gasteiger partial charge is 0.387 e. The van der Waals surface area contributed by atoms with Crippen LogP contribution in [0.5, 0.6) is 0 Å². The summed E-state index contributed by atoms with van der Waals surface area (Å²) >= 11 is 0. The van der Waals surface area contributed by atoms with Gasteiger partial charge in [-0.25, -0.2) is 0 Å². The summed E-state index contributed by atoms with van der Waals surface area (Å²) in [5.41, 5.74) is 1.11. The maximum absolute atomic E-state index is 11.9. The predicted molar refractivity (Wildman–Crippen MR) is 66.3 cm³/mol. The minimum Gasteiger partial charge on any atom is -0.387 e. The Balaban J connectivity index is 2.62. The first-order chi connectivity index (χ1) is 8.08. The van der Waals surface area contributed by atoms with Crippen molar-refractivity contribution in [2.75, 3.05) is 20.0 Å². The Kier molecular flexibility index (Phi) is 5.77. The van der Waals surface area contributed by atoms with Crippen LogP contribution in [0.1, 0.15) is 5.56 Å². The van der Waals surface area contributed by atoms with E-state index in [1.54, 1.807) is 12.1 Å². The lowest BCUT2D eigenvalue weighted by molar-refractivity contribution is -0.157. The van der Waals surface area contributed by atoms with E-state index in [4.69, 9.17) is 9.47 Å². The Hall–Kier alpha value is -0.750. The summed E-state index contributed by atoms with van der Waals surface area (Å²) in [7, 11) is 1.62. The van der Waals surface area contributed by atoms with Gasteiger partial charge in [0, 0.05) is 19.1 Å². The number of rotatable bonds is 6. The topological polar surface area (TPSA) is 55.8 Å². The van der Waals surface area contributed by atoms with E-state index in [-0.39, 0.29) is 5.75 Å². The molecule has 17 heavy (non-hydrogen) atoms. The van der Waals surface area contributed by atoms with E-state index in [0.717, 1.165) is 5.56 Å². The molecule has 0 heterocycles. The van der Waals surface area contributed by atoms with E-state index < -0.39 is 23.2 Å². The molecule has 96 valence electrons. The second-order valence-electron chi connectivity index (χ2n) is 3.73. The van der Waals surface area contributed by atoms with Gasteiger partial charge >= 0.3 is 0 Å². The first-order valence-corrected chi connectivity index (χ1v) is 6.59. The van der Waals surface area contributed by atoms with Crippen LogP contribution in [-0.2, 0) is 20.3 Å². The Morgan fingerprint density at radius 1 is 1.24 bits per heavy atom. The van der Waals surface area contributed by atoms with Crippen LogP contribution in [0.25, 0.3) is 0 Å². The zero-order valence-electron chi connectivity index (χ0n) is 10.3. The van der Waals surface area contributed by atoms with Crippen molar-refractivity contribution < 1.29 is 18.8 Å². The second-order valence-corrected chi connectivity index (χ2v) is 5.23. The van der Waals surface area contributed by atoms with Crippen molar-refractivity contribution in [1.82, 2.24) is 0 Å². The molecule has 5 heteroatoms. The number of aryl methyl sites for hydroxylation is 1. The van der Waals surface area contributed by atoms with E-state index in [1.807, 2.05) is 19.1 Å². The molecule has 1 aromatic rings. The van der Waals surface area contributed by atoms with Crippen molar-refractivity contribution in [2.24, 2.45) is 0 Å². The minimum atomic E-state index is -1.26. The molecule has 0 aliphatic carbocycles. The molecule has 0 aliphatic heterocycles. The molecule has 2 atom stereocenters. The summed E-state index contributed by atoms with van der Waals surface area (Å²) < 4.78 is 21.8. The second kappa shape index (κ2) is 6.86. The van der Waals surface area contributed by atoms with Gasteiger partial charge in [0.05, 0.1) is 16.6 Å². The minimum absolute atomic E-state index is 0.0927. The van der Waals surface area contributed by atoms with Crippen LogP contribution < -0.4 is 0 Å². The van der Waals surface area contributed by atoms with Crippen molar-refractivity contribution in [3.8, 4) is 0 Å². The van der Waals surface area contributed by atoms with Crippen LogP contribution in [0, 0.1) is 6.92 Å². The first kappa shape index (κ1) is 14.3. The van der Waals surface area contributed by atoms with Crippen LogP contribution in [0.2, 0.25) is 0 Å². The van der Waals surface area contributed by atoms with Gasteiger partial charge in [-0.1, -0.05) is 17.7 Å². The van der Waals surface area contributed by atoms with Crippen LogP contribution in [0.3, 0.4) is 0 Å². The van der Waals surface area contributed by atoms with Gasteiger partial charge in [0.15, 0.2) is 6.29 Å². The van der Waals surface area contributed by atoms with Crippen LogP contribution in [0.15, 0.2) is 29.2 Å². The highest BCUT2D eigenvalue weighted by Crippen LogP contribution is 2.11. The number of hydrogen-bond acceptors (Lipinski definition) is 4. The molecule has 1 rings (SSSR count). The number of ether oxygens (including phenoxy) is 2.